The Hall–Kier alpha value is -2.26. The van der Waals surface area contributed by atoms with Crippen LogP contribution in [0.15, 0.2) is 24.3 Å². The van der Waals surface area contributed by atoms with Gasteiger partial charge in [-0.1, -0.05) is 12.1 Å². The third-order valence-corrected chi connectivity index (χ3v) is 4.63. The lowest BCUT2D eigenvalue weighted by molar-refractivity contribution is -0.120. The van der Waals surface area contributed by atoms with E-state index in [0.29, 0.717) is 6.54 Å². The zero-order chi connectivity index (χ0) is 17.3. The number of anilines is 1. The minimum absolute atomic E-state index is 0.230. The first-order valence-electron chi connectivity index (χ1n) is 7.87. The van der Waals surface area contributed by atoms with Crippen molar-refractivity contribution in [2.24, 2.45) is 0 Å². The smallest absolute Gasteiger partial charge is 0.414 e. The molecule has 1 aliphatic carbocycles. The van der Waals surface area contributed by atoms with Crippen LogP contribution in [-0.4, -0.2) is 36.6 Å². The molecule has 3 rings (SSSR count). The van der Waals surface area contributed by atoms with Crippen LogP contribution in [0.5, 0.6) is 0 Å². The number of amides is 2. The van der Waals surface area contributed by atoms with Gasteiger partial charge in [-0.05, 0) is 37.5 Å². The summed E-state index contributed by atoms with van der Waals surface area (Å²) in [7, 11) is 0. The van der Waals surface area contributed by atoms with Crippen LogP contribution in [0, 0.1) is 11.3 Å². The van der Waals surface area contributed by atoms with Gasteiger partial charge in [0.25, 0.3) is 0 Å². The fourth-order valence-corrected chi connectivity index (χ4v) is 2.82. The van der Waals surface area contributed by atoms with E-state index in [9.17, 15) is 14.9 Å². The number of nitrogens with one attached hydrogen (secondary N) is 1. The molecule has 6 nitrogen and oxygen atoms in total. The Labute approximate surface area is 145 Å². The molecule has 1 aromatic rings. The number of benzene rings is 1. The van der Waals surface area contributed by atoms with Crippen molar-refractivity contribution in [2.75, 3.05) is 18.0 Å². The van der Waals surface area contributed by atoms with E-state index in [0.717, 1.165) is 24.1 Å². The largest absolute Gasteiger partial charge is 0.442 e. The van der Waals surface area contributed by atoms with Gasteiger partial charge in [0.15, 0.2) is 0 Å². The predicted octanol–water partition coefficient (Wildman–Crippen LogP) is 2.31. The number of rotatable bonds is 5. The molecule has 24 heavy (non-hydrogen) atoms. The van der Waals surface area contributed by atoms with Gasteiger partial charge in [0, 0.05) is 5.69 Å². The summed E-state index contributed by atoms with van der Waals surface area (Å²) in [6.45, 7) is 2.17. The number of alkyl halides is 1. The van der Waals surface area contributed by atoms with Crippen molar-refractivity contribution >= 4 is 29.3 Å². The minimum Gasteiger partial charge on any atom is -0.442 e. The molecule has 1 saturated heterocycles. The van der Waals surface area contributed by atoms with E-state index < -0.39 is 17.6 Å². The van der Waals surface area contributed by atoms with E-state index in [1.54, 1.807) is 6.92 Å². The Morgan fingerprint density at radius 2 is 2.17 bits per heavy atom. The molecule has 2 aliphatic rings. The number of carbonyl (C=O) groups excluding carboxylic acids is 2. The summed E-state index contributed by atoms with van der Waals surface area (Å²) in [4.78, 5) is 25.0. The summed E-state index contributed by atoms with van der Waals surface area (Å²) >= 11 is 5.68. The zero-order valence-electron chi connectivity index (χ0n) is 13.3. The lowest BCUT2D eigenvalue weighted by atomic mass is 9.97. The molecule has 1 aromatic carbocycles. The Kier molecular flexibility index (Phi) is 4.37. The van der Waals surface area contributed by atoms with Crippen LogP contribution in [0.1, 0.15) is 25.3 Å². The first kappa shape index (κ1) is 16.6. The molecule has 1 heterocycles. The topological polar surface area (TPSA) is 82.4 Å². The number of nitriles is 1. The molecule has 2 atom stereocenters. The lowest BCUT2D eigenvalue weighted by Crippen LogP contribution is -2.37. The van der Waals surface area contributed by atoms with Crippen LogP contribution >= 0.6 is 11.6 Å². The Balaban J connectivity index is 1.62. The summed E-state index contributed by atoms with van der Waals surface area (Å²) < 4.78 is 5.27. The number of hydrogen-bond donors (Lipinski definition) is 1. The van der Waals surface area contributed by atoms with E-state index in [2.05, 4.69) is 11.4 Å². The molecule has 7 heteroatoms. The molecule has 2 amide bonds. The third kappa shape index (κ3) is 3.17. The van der Waals surface area contributed by atoms with Crippen molar-refractivity contribution in [2.45, 2.75) is 36.7 Å². The molecule has 0 radical (unpaired) electrons. The number of nitrogens with zero attached hydrogens (tertiary/aromatic N) is 2. The molecule has 126 valence electrons. The van der Waals surface area contributed by atoms with Crippen molar-refractivity contribution < 1.29 is 14.3 Å². The number of halogens is 1. The van der Waals surface area contributed by atoms with Crippen molar-refractivity contribution in [1.29, 1.82) is 5.26 Å². The van der Waals surface area contributed by atoms with Gasteiger partial charge in [-0.3, -0.25) is 9.69 Å². The first-order chi connectivity index (χ1) is 11.4. The molecule has 1 aliphatic heterocycles. The molecular weight excluding hydrogens is 330 g/mol. The molecule has 0 aromatic heterocycles. The maximum Gasteiger partial charge on any atom is 0.414 e. The van der Waals surface area contributed by atoms with Gasteiger partial charge in [0.05, 0.1) is 24.6 Å². The highest BCUT2D eigenvalue weighted by atomic mass is 35.5. The van der Waals surface area contributed by atoms with Crippen LogP contribution in [0.4, 0.5) is 10.5 Å². The highest BCUT2D eigenvalue weighted by molar-refractivity contribution is 6.30. The van der Waals surface area contributed by atoms with Gasteiger partial charge >= 0.3 is 6.09 Å². The maximum atomic E-state index is 12.0. The molecule has 0 spiro atoms. The monoisotopic (exact) mass is 347 g/mol. The van der Waals surface area contributed by atoms with E-state index in [-0.39, 0.29) is 17.9 Å². The fourth-order valence-electron chi connectivity index (χ4n) is 2.74. The number of hydrogen-bond acceptors (Lipinski definition) is 4. The Bertz CT molecular complexity index is 692. The lowest BCUT2D eigenvalue weighted by Gasteiger charge is -2.15. The first-order valence-corrected chi connectivity index (χ1v) is 8.30. The minimum atomic E-state index is -0.624. The van der Waals surface area contributed by atoms with E-state index >= 15 is 0 Å². The average Bonchev–Trinajstić information content (AvgIpc) is 3.30. The van der Waals surface area contributed by atoms with Gasteiger partial charge in [-0.15, -0.1) is 11.6 Å². The van der Waals surface area contributed by atoms with Crippen LogP contribution in [-0.2, 0) is 14.9 Å². The van der Waals surface area contributed by atoms with Crippen molar-refractivity contribution in [3.05, 3.63) is 29.8 Å². The van der Waals surface area contributed by atoms with Gasteiger partial charge in [0.1, 0.15) is 11.5 Å². The van der Waals surface area contributed by atoms with Crippen molar-refractivity contribution in [1.82, 2.24) is 5.32 Å². The quantitative estimate of drug-likeness (QED) is 0.828. The van der Waals surface area contributed by atoms with Gasteiger partial charge < -0.3 is 10.1 Å². The van der Waals surface area contributed by atoms with Crippen LogP contribution in [0.25, 0.3) is 0 Å². The molecule has 1 N–H and O–H groups in total. The molecule has 2 fully saturated rings. The molecule has 0 unspecified atom stereocenters. The summed E-state index contributed by atoms with van der Waals surface area (Å²) in [6, 6.07) is 9.80. The summed E-state index contributed by atoms with van der Waals surface area (Å²) in [6.07, 6.45) is 0.915. The number of cyclic esters (lactones) is 1. The third-order valence-electron chi connectivity index (χ3n) is 4.43. The molecule has 0 bridgehead atoms. The summed E-state index contributed by atoms with van der Waals surface area (Å²) in [5, 5.41) is 11.3. The Morgan fingerprint density at radius 1 is 1.50 bits per heavy atom. The molecule has 1 saturated carbocycles. The zero-order valence-corrected chi connectivity index (χ0v) is 14.0. The predicted molar refractivity (Wildman–Crippen MR) is 88.9 cm³/mol. The van der Waals surface area contributed by atoms with Gasteiger partial charge in [0.2, 0.25) is 5.91 Å². The Morgan fingerprint density at radius 3 is 2.71 bits per heavy atom. The van der Waals surface area contributed by atoms with Gasteiger partial charge in [-0.25, -0.2) is 4.79 Å². The number of carbonyl (C=O) groups is 2. The summed E-state index contributed by atoms with van der Waals surface area (Å²) in [5.41, 5.74) is 1.37. The standard InChI is InChI=1S/C17H18ClN3O3/c1-11(18)15(22)20-8-14-9-21(16(23)24-14)13-4-2-12(3-5-13)17(10-19)6-7-17/h2-5,11,14H,6-9H2,1H3,(H,20,22)/t11-,14-/m0/s1. The average molecular weight is 348 g/mol. The highest BCUT2D eigenvalue weighted by Gasteiger charge is 2.45. The SMILES string of the molecule is C[C@H](Cl)C(=O)NC[C@H]1CN(c2ccc(C3(C#N)CC3)cc2)C(=O)O1. The van der Waals surface area contributed by atoms with Crippen LogP contribution in [0.3, 0.4) is 0 Å². The van der Waals surface area contributed by atoms with E-state index in [1.165, 1.54) is 4.90 Å². The summed E-state index contributed by atoms with van der Waals surface area (Å²) in [5.74, 6) is -0.290. The van der Waals surface area contributed by atoms with Crippen molar-refractivity contribution in [3.63, 3.8) is 0 Å². The fraction of sp³-hybridized carbons (Fsp3) is 0.471. The van der Waals surface area contributed by atoms with E-state index in [1.807, 2.05) is 24.3 Å². The van der Waals surface area contributed by atoms with Gasteiger partial charge in [-0.2, -0.15) is 5.26 Å². The second-order valence-electron chi connectivity index (χ2n) is 6.22. The van der Waals surface area contributed by atoms with E-state index in [4.69, 9.17) is 16.3 Å². The second kappa shape index (κ2) is 6.33. The van der Waals surface area contributed by atoms with Crippen LogP contribution in [0.2, 0.25) is 0 Å². The molecular formula is C17H18ClN3O3. The normalized spacial score (nSPS) is 22.5. The highest BCUT2D eigenvalue weighted by Crippen LogP contribution is 2.47. The van der Waals surface area contributed by atoms with Crippen LogP contribution < -0.4 is 10.2 Å². The van der Waals surface area contributed by atoms with Crippen molar-refractivity contribution in [3.8, 4) is 6.07 Å². The maximum absolute atomic E-state index is 12.0. The second-order valence-corrected chi connectivity index (χ2v) is 6.87. The number of ether oxygens (including phenoxy) is 1.